The lowest BCUT2D eigenvalue weighted by Gasteiger charge is -2.36. The van der Waals surface area contributed by atoms with Crippen molar-refractivity contribution in [2.24, 2.45) is 5.41 Å². The molecule has 2 heterocycles. The molecular weight excluding hydrogens is 483 g/mol. The normalized spacial score (nSPS) is 22.0. The standard InChI is InChI=1S/C24H30F3N3O4S/c1-15(31)35-10-8-23(7-5-18(12-23)29-21(33)34-22(2,3)4)20(32)30-9-6-19-16(14-30)11-17(13-28-19)24(25,26)27/h5,7,11,13,18H,6,8-10,12,14H2,1-4H3,(H,29,33)/t18-,23-/m1/s1. The van der Waals surface area contributed by atoms with Crippen molar-refractivity contribution in [1.29, 1.82) is 0 Å². The van der Waals surface area contributed by atoms with Crippen LogP contribution in [0.25, 0.3) is 0 Å². The number of ether oxygens (including phenoxy) is 1. The van der Waals surface area contributed by atoms with Gasteiger partial charge in [-0.15, -0.1) is 0 Å². The number of nitrogens with zero attached hydrogens (tertiary/aromatic N) is 2. The molecule has 2 atom stereocenters. The van der Waals surface area contributed by atoms with Gasteiger partial charge in [0.2, 0.25) is 5.91 Å². The molecule has 192 valence electrons. The van der Waals surface area contributed by atoms with Gasteiger partial charge in [-0.3, -0.25) is 14.6 Å². The van der Waals surface area contributed by atoms with Crippen molar-refractivity contribution in [3.05, 3.63) is 41.2 Å². The zero-order chi connectivity index (χ0) is 26.0. The molecule has 0 unspecified atom stereocenters. The lowest BCUT2D eigenvalue weighted by atomic mass is 9.81. The van der Waals surface area contributed by atoms with Crippen LogP contribution in [0.3, 0.4) is 0 Å². The van der Waals surface area contributed by atoms with Crippen molar-refractivity contribution >= 4 is 28.9 Å². The molecule has 0 aromatic carbocycles. The fraction of sp³-hybridized carbons (Fsp3) is 0.583. The summed E-state index contributed by atoms with van der Waals surface area (Å²) in [5.41, 5.74) is -1.59. The Morgan fingerprint density at radius 3 is 2.63 bits per heavy atom. The summed E-state index contributed by atoms with van der Waals surface area (Å²) in [6.07, 6.45) is 0.153. The van der Waals surface area contributed by atoms with Gasteiger partial charge in [0.25, 0.3) is 0 Å². The smallest absolute Gasteiger partial charge is 0.417 e. The maximum atomic E-state index is 13.7. The minimum atomic E-state index is -4.52. The number of alkyl halides is 3. The van der Waals surface area contributed by atoms with Crippen LogP contribution in [0.4, 0.5) is 18.0 Å². The number of aromatic nitrogens is 1. The van der Waals surface area contributed by atoms with Crippen LogP contribution in [0.1, 0.15) is 57.4 Å². The van der Waals surface area contributed by atoms with Gasteiger partial charge in [0.15, 0.2) is 5.12 Å². The predicted octanol–water partition coefficient (Wildman–Crippen LogP) is 4.49. The summed E-state index contributed by atoms with van der Waals surface area (Å²) in [6, 6.07) is 0.601. The van der Waals surface area contributed by atoms with Crippen molar-refractivity contribution in [1.82, 2.24) is 15.2 Å². The third-order valence-corrected chi connectivity index (χ3v) is 6.68. The van der Waals surface area contributed by atoms with Gasteiger partial charge in [-0.1, -0.05) is 23.9 Å². The zero-order valence-corrected chi connectivity index (χ0v) is 21.0. The van der Waals surface area contributed by atoms with E-state index in [1.165, 1.54) is 6.92 Å². The summed E-state index contributed by atoms with van der Waals surface area (Å²) in [4.78, 5) is 43.0. The van der Waals surface area contributed by atoms with E-state index in [0.717, 1.165) is 24.0 Å². The summed E-state index contributed by atoms with van der Waals surface area (Å²) in [5, 5.41) is 2.69. The Bertz CT molecular complexity index is 1020. The minimum Gasteiger partial charge on any atom is -0.444 e. The molecule has 35 heavy (non-hydrogen) atoms. The summed E-state index contributed by atoms with van der Waals surface area (Å²) in [6.45, 7) is 7.03. The van der Waals surface area contributed by atoms with Crippen LogP contribution >= 0.6 is 11.8 Å². The SMILES string of the molecule is CC(=O)SCC[C@]1(C(=O)N2CCc3ncc(C(F)(F)F)cc3C2)C=C[C@@H](NC(=O)OC(C)(C)C)C1. The van der Waals surface area contributed by atoms with E-state index in [1.54, 1.807) is 37.8 Å². The van der Waals surface area contributed by atoms with Gasteiger partial charge in [0.05, 0.1) is 17.0 Å². The molecule has 0 bridgehead atoms. The van der Waals surface area contributed by atoms with Gasteiger partial charge in [-0.2, -0.15) is 13.2 Å². The summed E-state index contributed by atoms with van der Waals surface area (Å²) in [5.74, 6) is 0.156. The number of halogens is 3. The number of amides is 2. The van der Waals surface area contributed by atoms with Gasteiger partial charge in [0, 0.05) is 44.1 Å². The quantitative estimate of drug-likeness (QED) is 0.584. The summed E-state index contributed by atoms with van der Waals surface area (Å²) >= 11 is 1.11. The number of carbonyl (C=O) groups is 3. The average Bonchev–Trinajstić information content (AvgIpc) is 3.13. The Hall–Kier alpha value is -2.56. The van der Waals surface area contributed by atoms with Crippen LogP contribution in [-0.2, 0) is 33.5 Å². The molecule has 0 saturated carbocycles. The molecule has 0 fully saturated rings. The minimum absolute atomic E-state index is 0.0185. The lowest BCUT2D eigenvalue weighted by Crippen LogP contribution is -2.47. The van der Waals surface area contributed by atoms with E-state index >= 15 is 0 Å². The number of thioether (sulfide) groups is 1. The van der Waals surface area contributed by atoms with Crippen molar-refractivity contribution < 1.29 is 32.3 Å². The van der Waals surface area contributed by atoms with Gasteiger partial charge < -0.3 is 15.0 Å². The van der Waals surface area contributed by atoms with Crippen LogP contribution < -0.4 is 5.32 Å². The molecule has 1 aliphatic carbocycles. The fourth-order valence-electron chi connectivity index (χ4n) is 4.28. The number of alkyl carbamates (subject to hydrolysis) is 1. The molecule has 1 aromatic heterocycles. The van der Waals surface area contributed by atoms with Gasteiger partial charge >= 0.3 is 12.3 Å². The highest BCUT2D eigenvalue weighted by molar-refractivity contribution is 8.13. The van der Waals surface area contributed by atoms with Crippen molar-refractivity contribution in [3.8, 4) is 0 Å². The van der Waals surface area contributed by atoms with E-state index in [1.807, 2.05) is 0 Å². The average molecular weight is 514 g/mol. The Kier molecular flexibility index (Phi) is 7.88. The maximum absolute atomic E-state index is 13.7. The van der Waals surface area contributed by atoms with Gasteiger partial charge in [-0.05, 0) is 45.2 Å². The van der Waals surface area contributed by atoms with Crippen LogP contribution in [0.2, 0.25) is 0 Å². The predicted molar refractivity (Wildman–Crippen MR) is 125 cm³/mol. The third-order valence-electron chi connectivity index (χ3n) is 5.87. The number of rotatable bonds is 5. The molecule has 1 aromatic rings. The second-order valence-electron chi connectivity index (χ2n) is 9.87. The number of carbonyl (C=O) groups excluding carboxylic acids is 3. The van der Waals surface area contributed by atoms with Crippen LogP contribution in [0.15, 0.2) is 24.4 Å². The molecule has 2 aliphatic rings. The monoisotopic (exact) mass is 513 g/mol. The van der Waals surface area contributed by atoms with E-state index in [9.17, 15) is 27.6 Å². The molecule has 0 saturated heterocycles. The molecule has 1 N–H and O–H groups in total. The Morgan fingerprint density at radius 2 is 2.00 bits per heavy atom. The molecule has 7 nitrogen and oxygen atoms in total. The van der Waals surface area contributed by atoms with Crippen LogP contribution in [-0.4, -0.2) is 50.9 Å². The highest BCUT2D eigenvalue weighted by Crippen LogP contribution is 2.40. The van der Waals surface area contributed by atoms with E-state index in [-0.39, 0.29) is 24.0 Å². The van der Waals surface area contributed by atoms with Crippen LogP contribution in [0, 0.1) is 5.41 Å². The molecule has 11 heteroatoms. The Balaban J connectivity index is 1.78. The second kappa shape index (κ2) is 10.2. The van der Waals surface area contributed by atoms with Crippen molar-refractivity contribution in [2.45, 2.75) is 71.3 Å². The molecule has 2 amide bonds. The summed E-state index contributed by atoms with van der Waals surface area (Å²) in [7, 11) is 0. The first-order valence-corrected chi connectivity index (χ1v) is 12.3. The zero-order valence-electron chi connectivity index (χ0n) is 20.2. The Morgan fingerprint density at radius 1 is 1.29 bits per heavy atom. The molecule has 3 rings (SSSR count). The first kappa shape index (κ1) is 27.0. The van der Waals surface area contributed by atoms with Crippen molar-refractivity contribution in [3.63, 3.8) is 0 Å². The topological polar surface area (TPSA) is 88.6 Å². The molecule has 0 radical (unpaired) electrons. The maximum Gasteiger partial charge on any atom is 0.417 e. The van der Waals surface area contributed by atoms with Crippen molar-refractivity contribution in [2.75, 3.05) is 12.3 Å². The number of pyridine rings is 1. The molecular formula is C24H30F3N3O4S. The first-order valence-electron chi connectivity index (χ1n) is 11.4. The number of nitrogens with one attached hydrogen (secondary N) is 1. The van der Waals surface area contributed by atoms with E-state index in [4.69, 9.17) is 4.74 Å². The first-order chi connectivity index (χ1) is 16.2. The number of hydrogen-bond donors (Lipinski definition) is 1. The highest BCUT2D eigenvalue weighted by atomic mass is 32.2. The van der Waals surface area contributed by atoms with E-state index in [2.05, 4.69) is 10.3 Å². The van der Waals surface area contributed by atoms with Gasteiger partial charge in [0.1, 0.15) is 5.60 Å². The third kappa shape index (κ3) is 6.99. The number of hydrogen-bond acceptors (Lipinski definition) is 6. The van der Waals surface area contributed by atoms with E-state index < -0.39 is 34.9 Å². The Labute approximate surface area is 206 Å². The largest absolute Gasteiger partial charge is 0.444 e. The fourth-order valence-corrected chi connectivity index (χ4v) is 5.04. The lowest BCUT2D eigenvalue weighted by molar-refractivity contribution is -0.141. The molecule has 1 aliphatic heterocycles. The van der Waals surface area contributed by atoms with Crippen LogP contribution in [0.5, 0.6) is 0 Å². The highest BCUT2D eigenvalue weighted by Gasteiger charge is 2.45. The molecule has 0 spiro atoms. The van der Waals surface area contributed by atoms with Gasteiger partial charge in [-0.25, -0.2) is 4.79 Å². The second-order valence-corrected chi connectivity index (χ2v) is 11.1. The number of fused-ring (bicyclic) bond motifs is 1. The summed E-state index contributed by atoms with van der Waals surface area (Å²) < 4.78 is 44.8. The van der Waals surface area contributed by atoms with E-state index in [0.29, 0.717) is 36.4 Å².